The van der Waals surface area contributed by atoms with Crippen molar-refractivity contribution in [2.75, 3.05) is 45.9 Å². The van der Waals surface area contributed by atoms with Crippen LogP contribution >= 0.6 is 0 Å². The molecule has 16 nitrogen and oxygen atoms in total. The van der Waals surface area contributed by atoms with Crippen LogP contribution in [0.25, 0.3) is 0 Å². The van der Waals surface area contributed by atoms with Crippen LogP contribution in [-0.4, -0.2) is 152 Å². The molecule has 0 saturated carbocycles. The van der Waals surface area contributed by atoms with E-state index in [1.54, 1.807) is 38.7 Å². The molecule has 3 saturated heterocycles. The summed E-state index contributed by atoms with van der Waals surface area (Å²) in [6.07, 6.45) is -5.37. The van der Waals surface area contributed by atoms with E-state index in [1.165, 1.54) is 13.1 Å². The Morgan fingerprint density at radius 1 is 1.21 bits per heavy atom. The lowest BCUT2D eigenvalue weighted by Crippen LogP contribution is -2.68. The molecule has 0 radical (unpaired) electrons. The first kappa shape index (κ1) is 36.6. The number of carbonyl (C=O) groups is 4. The Labute approximate surface area is 273 Å². The maximum absolute atomic E-state index is 12.9. The Morgan fingerprint density at radius 3 is 2.55 bits per heavy atom. The van der Waals surface area contributed by atoms with Crippen LogP contribution in [0.15, 0.2) is 12.3 Å². The summed E-state index contributed by atoms with van der Waals surface area (Å²) >= 11 is 0. The molecule has 16 heteroatoms. The van der Waals surface area contributed by atoms with Gasteiger partial charge in [0, 0.05) is 64.4 Å². The van der Waals surface area contributed by atoms with Gasteiger partial charge in [-0.25, -0.2) is 9.59 Å². The highest BCUT2D eigenvalue weighted by Crippen LogP contribution is 2.38. The van der Waals surface area contributed by atoms with Crippen LogP contribution in [0, 0.1) is 6.92 Å². The summed E-state index contributed by atoms with van der Waals surface area (Å²) in [5.41, 5.74) is -2.20. The number of nitrogens with one attached hydrogen (secondary N) is 3. The minimum absolute atomic E-state index is 0.122. The molecule has 47 heavy (non-hydrogen) atoms. The molecule has 1 aromatic rings. The molecule has 0 aromatic carbocycles. The summed E-state index contributed by atoms with van der Waals surface area (Å²) in [6, 6.07) is 0.353. The van der Waals surface area contributed by atoms with Gasteiger partial charge in [0.05, 0.1) is 42.6 Å². The maximum Gasteiger partial charge on any atom is 0.410 e. The van der Waals surface area contributed by atoms with Gasteiger partial charge in [0.1, 0.15) is 17.8 Å². The molecule has 3 aliphatic heterocycles. The number of carboxylic acids is 1. The molecule has 3 amide bonds. The lowest BCUT2D eigenvalue weighted by Gasteiger charge is -2.49. The van der Waals surface area contributed by atoms with Crippen molar-refractivity contribution in [3.05, 3.63) is 23.5 Å². The molecule has 1 spiro atoms. The Balaban J connectivity index is 1.50. The van der Waals surface area contributed by atoms with Crippen molar-refractivity contribution < 1.29 is 53.8 Å². The predicted octanol–water partition coefficient (Wildman–Crippen LogP) is -0.645. The molecular weight excluding hydrogens is 618 g/mol. The SMILES string of the molecule is CC(=O)N[C@H]1[C@H]([C@H](O)[C@H](O)CNC(=O)c2c[nH]c(C)c2)O[C@@](CCN2CCOC[C@@]23CCN(C(=O)OC(C)(C)C)C3)(C(=O)O)C[C@@H]1O. The Kier molecular flexibility index (Phi) is 11.2. The minimum Gasteiger partial charge on any atom is -0.479 e. The zero-order chi connectivity index (χ0) is 34.7. The van der Waals surface area contributed by atoms with Crippen LogP contribution in [0.3, 0.4) is 0 Å². The quantitative estimate of drug-likeness (QED) is 0.165. The fraction of sp³-hybridized carbons (Fsp3) is 0.742. The summed E-state index contributed by atoms with van der Waals surface area (Å²) in [6.45, 7) is 10.0. The lowest BCUT2D eigenvalue weighted by molar-refractivity contribution is -0.231. The first-order valence-corrected chi connectivity index (χ1v) is 15.9. The zero-order valence-electron chi connectivity index (χ0n) is 27.7. The van der Waals surface area contributed by atoms with E-state index in [1.807, 2.05) is 0 Å². The molecule has 4 rings (SSSR count). The number of carbonyl (C=O) groups excluding carboxylic acids is 3. The number of carboxylic acid groups (broad SMARTS) is 1. The van der Waals surface area contributed by atoms with Crippen molar-refractivity contribution in [2.45, 2.75) is 101 Å². The van der Waals surface area contributed by atoms with Crippen molar-refractivity contribution in [1.29, 1.82) is 0 Å². The first-order valence-electron chi connectivity index (χ1n) is 15.9. The number of aliphatic carboxylic acids is 1. The second-order valence-corrected chi connectivity index (χ2v) is 13.9. The fourth-order valence-corrected chi connectivity index (χ4v) is 6.59. The largest absolute Gasteiger partial charge is 0.479 e. The zero-order valence-corrected chi connectivity index (χ0v) is 27.7. The number of amides is 3. The van der Waals surface area contributed by atoms with E-state index in [-0.39, 0.29) is 13.0 Å². The number of aliphatic hydroxyl groups excluding tert-OH is 3. The van der Waals surface area contributed by atoms with Gasteiger partial charge in [0.2, 0.25) is 5.91 Å². The van der Waals surface area contributed by atoms with Gasteiger partial charge < -0.3 is 55.2 Å². The molecule has 0 unspecified atom stereocenters. The van der Waals surface area contributed by atoms with E-state index in [4.69, 9.17) is 14.2 Å². The molecular formula is C31H49N5O11. The number of nitrogens with zero attached hydrogens (tertiary/aromatic N) is 2. The molecule has 7 atom stereocenters. The van der Waals surface area contributed by atoms with Crippen molar-refractivity contribution >= 4 is 23.9 Å². The standard InChI is InChI=1S/C31H49N5O11/c1-18-12-20(14-32-18)26(41)33-15-22(39)24(40)25-23(34-19(2)37)21(38)13-31(46-25,27(42)43)7-9-36-10-11-45-17-30(36)6-8-35(16-30)28(44)47-29(3,4)5/h12,14,21-25,32,38-40H,6-11,13,15-17H2,1-5H3,(H,33,41)(H,34,37)(H,42,43)/t21-,22+,23+,24+,25+,30-,31+/m0/s1. The number of aromatic nitrogens is 1. The minimum atomic E-state index is -2.01. The monoisotopic (exact) mass is 667 g/mol. The molecule has 1 aromatic heterocycles. The summed E-state index contributed by atoms with van der Waals surface area (Å²) in [4.78, 5) is 56.8. The smallest absolute Gasteiger partial charge is 0.410 e. The molecule has 7 N–H and O–H groups in total. The van der Waals surface area contributed by atoms with Crippen molar-refractivity contribution in [3.8, 4) is 0 Å². The summed E-state index contributed by atoms with van der Waals surface area (Å²) < 4.78 is 17.5. The highest BCUT2D eigenvalue weighted by molar-refractivity contribution is 5.94. The second-order valence-electron chi connectivity index (χ2n) is 13.9. The number of ether oxygens (including phenoxy) is 3. The van der Waals surface area contributed by atoms with Crippen LogP contribution in [0.2, 0.25) is 0 Å². The maximum atomic E-state index is 12.9. The first-order chi connectivity index (χ1) is 21.9. The number of rotatable bonds is 10. The van der Waals surface area contributed by atoms with E-state index in [0.29, 0.717) is 44.8 Å². The number of aliphatic hydroxyl groups is 3. The van der Waals surface area contributed by atoms with Crippen molar-refractivity contribution in [3.63, 3.8) is 0 Å². The number of aromatic amines is 1. The molecule has 4 heterocycles. The number of aryl methyl sites for hydroxylation is 1. The number of hydrogen-bond donors (Lipinski definition) is 7. The topological polar surface area (TPSA) is 223 Å². The lowest BCUT2D eigenvalue weighted by atomic mass is 9.81. The third kappa shape index (κ3) is 8.61. The van der Waals surface area contributed by atoms with Gasteiger partial charge in [-0.2, -0.15) is 0 Å². The fourth-order valence-electron chi connectivity index (χ4n) is 6.59. The van der Waals surface area contributed by atoms with Crippen molar-refractivity contribution in [2.24, 2.45) is 0 Å². The van der Waals surface area contributed by atoms with Gasteiger partial charge >= 0.3 is 12.1 Å². The molecule has 3 fully saturated rings. The van der Waals surface area contributed by atoms with E-state index < -0.39 is 84.0 Å². The van der Waals surface area contributed by atoms with Gasteiger partial charge in [-0.05, 0) is 40.2 Å². The Hall–Kier alpha value is -3.28. The predicted molar refractivity (Wildman–Crippen MR) is 166 cm³/mol. The Bertz CT molecular complexity index is 1300. The summed E-state index contributed by atoms with van der Waals surface area (Å²) in [7, 11) is 0. The number of morpholine rings is 1. The van der Waals surface area contributed by atoms with E-state index in [0.717, 1.165) is 5.69 Å². The van der Waals surface area contributed by atoms with Gasteiger partial charge in [0.25, 0.3) is 5.91 Å². The van der Waals surface area contributed by atoms with Gasteiger partial charge in [-0.15, -0.1) is 0 Å². The molecule has 264 valence electrons. The van der Waals surface area contributed by atoms with Crippen LogP contribution in [0.1, 0.15) is 63.0 Å². The average molecular weight is 668 g/mol. The van der Waals surface area contributed by atoms with E-state index >= 15 is 0 Å². The van der Waals surface area contributed by atoms with E-state index in [9.17, 15) is 39.6 Å². The highest BCUT2D eigenvalue weighted by Gasteiger charge is 2.55. The van der Waals surface area contributed by atoms with Crippen LogP contribution in [-0.2, 0) is 23.8 Å². The van der Waals surface area contributed by atoms with E-state index in [2.05, 4.69) is 20.5 Å². The average Bonchev–Trinajstić information content (AvgIpc) is 3.62. The number of H-pyrrole nitrogens is 1. The van der Waals surface area contributed by atoms with Gasteiger partial charge in [-0.3, -0.25) is 14.5 Å². The van der Waals surface area contributed by atoms with Crippen molar-refractivity contribution in [1.82, 2.24) is 25.4 Å². The van der Waals surface area contributed by atoms with Crippen LogP contribution in [0.4, 0.5) is 4.79 Å². The third-order valence-electron chi connectivity index (χ3n) is 9.04. The second kappa shape index (κ2) is 14.5. The number of hydrogen-bond acceptors (Lipinski definition) is 11. The van der Waals surface area contributed by atoms with Gasteiger partial charge in [-0.1, -0.05) is 0 Å². The molecule has 3 aliphatic rings. The summed E-state index contributed by atoms with van der Waals surface area (Å²) in [5, 5.41) is 48.8. The molecule has 0 bridgehead atoms. The van der Waals surface area contributed by atoms with Crippen LogP contribution in [0.5, 0.6) is 0 Å². The van der Waals surface area contributed by atoms with Gasteiger partial charge in [0.15, 0.2) is 5.60 Å². The Morgan fingerprint density at radius 2 is 1.94 bits per heavy atom. The molecule has 0 aliphatic carbocycles. The number of likely N-dealkylation sites (tertiary alicyclic amines) is 1. The summed E-state index contributed by atoms with van der Waals surface area (Å²) in [5.74, 6) is -2.46. The normalized spacial score (nSPS) is 29.7. The third-order valence-corrected chi connectivity index (χ3v) is 9.04. The highest BCUT2D eigenvalue weighted by atomic mass is 16.6. The van der Waals surface area contributed by atoms with Crippen LogP contribution < -0.4 is 10.6 Å².